The molecule has 2 aromatic carbocycles. The molecule has 0 aliphatic rings. The van der Waals surface area contributed by atoms with Crippen LogP contribution in [0, 0.1) is 0 Å². The van der Waals surface area contributed by atoms with Gasteiger partial charge in [-0.3, -0.25) is 4.79 Å². The summed E-state index contributed by atoms with van der Waals surface area (Å²) in [6, 6.07) is 13.5. The molecule has 0 unspecified atom stereocenters. The summed E-state index contributed by atoms with van der Waals surface area (Å²) in [5.74, 6) is 0.257. The van der Waals surface area contributed by atoms with Gasteiger partial charge in [-0.05, 0) is 29.8 Å². The minimum Gasteiger partial charge on any atom is -0.426 e. The fraction of sp³-hybridized carbons (Fsp3) is 0.263. The molecule has 24 heavy (non-hydrogen) atoms. The molecule has 3 rings (SSSR count). The Morgan fingerprint density at radius 1 is 1.21 bits per heavy atom. The van der Waals surface area contributed by atoms with Crippen molar-refractivity contribution in [1.29, 1.82) is 0 Å². The molecule has 0 aliphatic carbocycles. The van der Waals surface area contributed by atoms with Crippen molar-refractivity contribution < 1.29 is 9.53 Å². The molecule has 0 bridgehead atoms. The number of hydrogen-bond acceptors (Lipinski definition) is 4. The van der Waals surface area contributed by atoms with Crippen LogP contribution in [0.3, 0.4) is 0 Å². The Morgan fingerprint density at radius 2 is 1.96 bits per heavy atom. The molecular formula is C19H20N2O2S. The number of esters is 1. The van der Waals surface area contributed by atoms with Crippen LogP contribution in [0.1, 0.15) is 19.4 Å². The number of carbonyl (C=O) groups is 1. The Balaban J connectivity index is 1.63. The van der Waals surface area contributed by atoms with E-state index < -0.39 is 0 Å². The number of fused-ring (bicyclic) bond motifs is 1. The number of imidazole rings is 1. The highest BCUT2D eigenvalue weighted by Gasteiger charge is 2.09. The van der Waals surface area contributed by atoms with E-state index in [1.807, 2.05) is 41.9 Å². The number of ether oxygens (including phenoxy) is 1. The largest absolute Gasteiger partial charge is 0.426 e. The number of benzene rings is 2. The van der Waals surface area contributed by atoms with Gasteiger partial charge in [0.25, 0.3) is 0 Å². The zero-order valence-electron chi connectivity index (χ0n) is 14.0. The van der Waals surface area contributed by atoms with Gasteiger partial charge >= 0.3 is 5.97 Å². The van der Waals surface area contributed by atoms with Crippen LogP contribution in [-0.2, 0) is 18.3 Å². The third-order valence-electron chi connectivity index (χ3n) is 3.57. The maximum absolute atomic E-state index is 12.1. The molecule has 0 aliphatic heterocycles. The summed E-state index contributed by atoms with van der Waals surface area (Å²) in [7, 11) is 1.93. The summed E-state index contributed by atoms with van der Waals surface area (Å²) in [5, 5.41) is 0.544. The van der Waals surface area contributed by atoms with Gasteiger partial charge in [0, 0.05) is 23.3 Å². The number of carbonyl (C=O) groups excluding carboxylic acids is 1. The fourth-order valence-electron chi connectivity index (χ4n) is 2.47. The van der Waals surface area contributed by atoms with E-state index in [2.05, 4.69) is 18.8 Å². The van der Waals surface area contributed by atoms with Crippen LogP contribution in [0.2, 0.25) is 0 Å². The standard InChI is InChI=1S/C19H20N2O2S/c1-13(2)24-16-7-4-14(5-8-16)10-19(22)23-15-6-9-18-17(11-15)20-12-21(18)3/h4-9,11-13H,10H2,1-3H3. The van der Waals surface area contributed by atoms with Crippen molar-refractivity contribution in [3.8, 4) is 5.75 Å². The normalized spacial score (nSPS) is 11.2. The molecule has 0 saturated carbocycles. The van der Waals surface area contributed by atoms with Gasteiger partial charge in [-0.1, -0.05) is 26.0 Å². The van der Waals surface area contributed by atoms with E-state index in [0.29, 0.717) is 11.0 Å². The highest BCUT2D eigenvalue weighted by molar-refractivity contribution is 7.99. The van der Waals surface area contributed by atoms with E-state index in [4.69, 9.17) is 4.74 Å². The average Bonchev–Trinajstić information content (AvgIpc) is 2.89. The molecule has 0 saturated heterocycles. The third-order valence-corrected chi connectivity index (χ3v) is 4.59. The summed E-state index contributed by atoms with van der Waals surface area (Å²) in [4.78, 5) is 17.6. The predicted octanol–water partition coefficient (Wildman–Crippen LogP) is 4.22. The van der Waals surface area contributed by atoms with Crippen LogP contribution < -0.4 is 4.74 Å². The molecule has 0 amide bonds. The number of thioether (sulfide) groups is 1. The van der Waals surface area contributed by atoms with Gasteiger partial charge in [0.15, 0.2) is 0 Å². The molecule has 1 heterocycles. The molecular weight excluding hydrogens is 320 g/mol. The molecule has 0 fully saturated rings. The lowest BCUT2D eigenvalue weighted by Crippen LogP contribution is -2.11. The first kappa shape index (κ1) is 16.6. The number of aromatic nitrogens is 2. The van der Waals surface area contributed by atoms with Gasteiger partial charge in [0.05, 0.1) is 23.8 Å². The second-order valence-electron chi connectivity index (χ2n) is 5.97. The van der Waals surface area contributed by atoms with E-state index in [1.54, 1.807) is 30.2 Å². The smallest absolute Gasteiger partial charge is 0.315 e. The van der Waals surface area contributed by atoms with Gasteiger partial charge in [-0.15, -0.1) is 11.8 Å². The lowest BCUT2D eigenvalue weighted by Gasteiger charge is -2.07. The maximum atomic E-state index is 12.1. The van der Waals surface area contributed by atoms with Crippen LogP contribution in [0.4, 0.5) is 0 Å². The summed E-state index contributed by atoms with van der Waals surface area (Å²) in [5.41, 5.74) is 2.78. The molecule has 4 nitrogen and oxygen atoms in total. The van der Waals surface area contributed by atoms with Crippen LogP contribution in [0.25, 0.3) is 11.0 Å². The molecule has 5 heteroatoms. The third kappa shape index (κ3) is 3.97. The number of nitrogens with zero attached hydrogens (tertiary/aromatic N) is 2. The average molecular weight is 340 g/mol. The summed E-state index contributed by atoms with van der Waals surface area (Å²) >= 11 is 1.81. The van der Waals surface area contributed by atoms with Gasteiger partial charge in [-0.25, -0.2) is 4.98 Å². The Labute approximate surface area is 145 Å². The first-order valence-electron chi connectivity index (χ1n) is 7.88. The summed E-state index contributed by atoms with van der Waals surface area (Å²) < 4.78 is 7.37. The first-order chi connectivity index (χ1) is 11.5. The van der Waals surface area contributed by atoms with Gasteiger partial charge in [0.1, 0.15) is 5.75 Å². The highest BCUT2D eigenvalue weighted by Crippen LogP contribution is 2.23. The molecule has 0 spiro atoms. The molecule has 0 atom stereocenters. The van der Waals surface area contributed by atoms with E-state index >= 15 is 0 Å². The lowest BCUT2D eigenvalue weighted by atomic mass is 10.1. The molecule has 3 aromatic rings. The zero-order chi connectivity index (χ0) is 17.1. The van der Waals surface area contributed by atoms with Crippen LogP contribution in [-0.4, -0.2) is 20.8 Å². The second kappa shape index (κ2) is 7.09. The van der Waals surface area contributed by atoms with Crippen molar-refractivity contribution in [3.05, 3.63) is 54.4 Å². The van der Waals surface area contributed by atoms with E-state index in [0.717, 1.165) is 16.6 Å². The molecule has 1 aromatic heterocycles. The highest BCUT2D eigenvalue weighted by atomic mass is 32.2. The van der Waals surface area contributed by atoms with Crippen LogP contribution >= 0.6 is 11.8 Å². The van der Waals surface area contributed by atoms with Crippen LogP contribution in [0.15, 0.2) is 53.7 Å². The SMILES string of the molecule is CC(C)Sc1ccc(CC(=O)Oc2ccc3c(c2)ncn3C)cc1. The lowest BCUT2D eigenvalue weighted by molar-refractivity contribution is -0.133. The molecule has 124 valence electrons. The van der Waals surface area contributed by atoms with Crippen molar-refractivity contribution in [1.82, 2.24) is 9.55 Å². The van der Waals surface area contributed by atoms with Crippen molar-refractivity contribution in [2.24, 2.45) is 7.05 Å². The summed E-state index contributed by atoms with van der Waals surface area (Å²) in [6.07, 6.45) is 2.00. The van der Waals surface area contributed by atoms with Crippen molar-refractivity contribution in [3.63, 3.8) is 0 Å². The van der Waals surface area contributed by atoms with Crippen molar-refractivity contribution in [2.75, 3.05) is 0 Å². The second-order valence-corrected chi connectivity index (χ2v) is 7.62. The van der Waals surface area contributed by atoms with E-state index in [-0.39, 0.29) is 12.4 Å². The molecule has 0 radical (unpaired) electrons. The van der Waals surface area contributed by atoms with Gasteiger partial charge in [0.2, 0.25) is 0 Å². The Morgan fingerprint density at radius 3 is 2.67 bits per heavy atom. The molecule has 0 N–H and O–H groups in total. The first-order valence-corrected chi connectivity index (χ1v) is 8.76. The zero-order valence-corrected chi connectivity index (χ0v) is 14.8. The Hall–Kier alpha value is -2.27. The van der Waals surface area contributed by atoms with Crippen LogP contribution in [0.5, 0.6) is 5.75 Å². The van der Waals surface area contributed by atoms with Crippen molar-refractivity contribution >= 4 is 28.8 Å². The number of rotatable bonds is 5. The Bertz CT molecular complexity index is 853. The predicted molar refractivity (Wildman–Crippen MR) is 97.5 cm³/mol. The quantitative estimate of drug-likeness (QED) is 0.396. The van der Waals surface area contributed by atoms with E-state index in [9.17, 15) is 4.79 Å². The number of hydrogen-bond donors (Lipinski definition) is 0. The number of aryl methyl sites for hydroxylation is 1. The topological polar surface area (TPSA) is 44.1 Å². The maximum Gasteiger partial charge on any atom is 0.315 e. The minimum absolute atomic E-state index is 0.257. The van der Waals surface area contributed by atoms with Gasteiger partial charge in [-0.2, -0.15) is 0 Å². The fourth-order valence-corrected chi connectivity index (χ4v) is 3.31. The summed E-state index contributed by atoms with van der Waals surface area (Å²) in [6.45, 7) is 4.32. The Kier molecular flexibility index (Phi) is 4.90. The van der Waals surface area contributed by atoms with Gasteiger partial charge < -0.3 is 9.30 Å². The van der Waals surface area contributed by atoms with Crippen molar-refractivity contribution in [2.45, 2.75) is 30.4 Å². The minimum atomic E-state index is -0.269. The van der Waals surface area contributed by atoms with E-state index in [1.165, 1.54) is 4.90 Å². The monoisotopic (exact) mass is 340 g/mol.